The number of nitrogens with zero attached hydrogens (tertiary/aromatic N) is 2. The monoisotopic (exact) mass is 330 g/mol. The van der Waals surface area contributed by atoms with Crippen LogP contribution in [0.2, 0.25) is 0 Å². The lowest BCUT2D eigenvalue weighted by molar-refractivity contribution is -0.123. The summed E-state index contributed by atoms with van der Waals surface area (Å²) in [5.41, 5.74) is 4.91. The number of benzene rings is 2. The summed E-state index contributed by atoms with van der Waals surface area (Å²) in [6.07, 6.45) is 1.81. The molecule has 0 fully saturated rings. The summed E-state index contributed by atoms with van der Waals surface area (Å²) in [7, 11) is 0. The van der Waals surface area contributed by atoms with Gasteiger partial charge in [-0.1, -0.05) is 57.2 Å². The van der Waals surface area contributed by atoms with Gasteiger partial charge in [0.2, 0.25) is 5.91 Å². The normalized spacial score (nSPS) is 19.1. The molecule has 1 aliphatic heterocycles. The number of fused-ring (bicyclic) bond motifs is 2. The zero-order valence-electron chi connectivity index (χ0n) is 15.1. The Kier molecular flexibility index (Phi) is 3.43. The zero-order chi connectivity index (χ0) is 17.8. The van der Waals surface area contributed by atoms with Crippen LogP contribution >= 0.6 is 0 Å². The van der Waals surface area contributed by atoms with E-state index in [0.29, 0.717) is 0 Å². The van der Waals surface area contributed by atoms with Gasteiger partial charge in [-0.15, -0.1) is 0 Å². The lowest BCUT2D eigenvalue weighted by Crippen LogP contribution is -2.46. The van der Waals surface area contributed by atoms with Gasteiger partial charge in [0.15, 0.2) is 0 Å². The van der Waals surface area contributed by atoms with E-state index in [1.807, 2.05) is 42.3 Å². The number of hydrogen-bond donors (Lipinski definition) is 0. The van der Waals surface area contributed by atoms with Gasteiger partial charge in [-0.2, -0.15) is 0 Å². The number of para-hydroxylation sites is 2. The molecule has 3 heteroatoms. The number of aryl methyl sites for hydroxylation is 1. The van der Waals surface area contributed by atoms with Crippen LogP contribution < -0.4 is 4.90 Å². The Balaban J connectivity index is 1.98. The van der Waals surface area contributed by atoms with E-state index in [1.165, 1.54) is 5.56 Å². The van der Waals surface area contributed by atoms with Crippen LogP contribution in [0.3, 0.4) is 0 Å². The maximum absolute atomic E-state index is 13.3. The second-order valence-electron chi connectivity index (χ2n) is 7.47. The van der Waals surface area contributed by atoms with Crippen molar-refractivity contribution in [1.29, 1.82) is 0 Å². The molecule has 1 atom stereocenters. The minimum absolute atomic E-state index is 0.103. The fraction of sp³-hybridized carbons (Fsp3) is 0.273. The average molecular weight is 330 g/mol. The number of rotatable bonds is 1. The molecule has 1 aromatic heterocycles. The third-order valence-electron chi connectivity index (χ3n) is 5.66. The van der Waals surface area contributed by atoms with E-state index in [-0.39, 0.29) is 17.2 Å². The molecule has 25 heavy (non-hydrogen) atoms. The Hall–Kier alpha value is -2.68. The lowest BCUT2D eigenvalue weighted by atomic mass is 9.69. The third-order valence-corrected chi connectivity index (χ3v) is 5.66. The topological polar surface area (TPSA) is 33.2 Å². The molecule has 1 aliphatic rings. The second-order valence-corrected chi connectivity index (χ2v) is 7.47. The maximum Gasteiger partial charge on any atom is 0.235 e. The number of amides is 1. The number of pyridine rings is 1. The van der Waals surface area contributed by atoms with Gasteiger partial charge in [0.1, 0.15) is 0 Å². The SMILES string of the molecule is Cc1cccc2c1N(c1cnc3ccccc3c1)C(=O)C(C)C2(C)C. The fourth-order valence-electron chi connectivity index (χ4n) is 3.76. The summed E-state index contributed by atoms with van der Waals surface area (Å²) in [4.78, 5) is 19.7. The van der Waals surface area contributed by atoms with Gasteiger partial charge < -0.3 is 0 Å². The van der Waals surface area contributed by atoms with Gasteiger partial charge in [0.25, 0.3) is 0 Å². The van der Waals surface area contributed by atoms with Gasteiger partial charge in [-0.05, 0) is 30.2 Å². The highest BCUT2D eigenvalue weighted by molar-refractivity contribution is 6.07. The predicted molar refractivity (Wildman–Crippen MR) is 102 cm³/mol. The summed E-state index contributed by atoms with van der Waals surface area (Å²) >= 11 is 0. The molecule has 4 rings (SSSR count). The van der Waals surface area contributed by atoms with Crippen LogP contribution in [0, 0.1) is 12.8 Å². The Bertz CT molecular complexity index is 990. The summed E-state index contributed by atoms with van der Waals surface area (Å²) in [5.74, 6) is 0.0251. The van der Waals surface area contributed by atoms with Crippen LogP contribution in [0.4, 0.5) is 11.4 Å². The van der Waals surface area contributed by atoms with Crippen molar-refractivity contribution in [2.45, 2.75) is 33.1 Å². The number of aromatic nitrogens is 1. The summed E-state index contributed by atoms with van der Waals surface area (Å²) in [5, 5.41) is 1.04. The molecule has 1 unspecified atom stereocenters. The van der Waals surface area contributed by atoms with E-state index < -0.39 is 0 Å². The van der Waals surface area contributed by atoms with E-state index >= 15 is 0 Å². The summed E-state index contributed by atoms with van der Waals surface area (Å²) < 4.78 is 0. The van der Waals surface area contributed by atoms with Crippen molar-refractivity contribution >= 4 is 28.2 Å². The van der Waals surface area contributed by atoms with Gasteiger partial charge in [-0.25, -0.2) is 0 Å². The standard InChI is InChI=1S/C22H22N2O/c1-14-8-7-10-18-20(14)24(21(25)15(2)22(18,3)4)17-12-16-9-5-6-11-19(16)23-13-17/h5-13,15H,1-4H3. The first-order valence-corrected chi connectivity index (χ1v) is 8.70. The second kappa shape index (κ2) is 5.41. The number of hydrogen-bond acceptors (Lipinski definition) is 2. The molecular formula is C22H22N2O. The van der Waals surface area contributed by atoms with E-state index in [2.05, 4.69) is 50.0 Å². The minimum Gasteiger partial charge on any atom is -0.279 e. The fourth-order valence-corrected chi connectivity index (χ4v) is 3.76. The van der Waals surface area contributed by atoms with Crippen molar-refractivity contribution in [2.24, 2.45) is 5.92 Å². The maximum atomic E-state index is 13.3. The van der Waals surface area contributed by atoms with Gasteiger partial charge in [0, 0.05) is 16.7 Å². The molecule has 0 bridgehead atoms. The highest BCUT2D eigenvalue weighted by Gasteiger charge is 2.44. The van der Waals surface area contributed by atoms with Crippen LogP contribution in [0.15, 0.2) is 54.7 Å². The molecular weight excluding hydrogens is 308 g/mol. The molecule has 0 spiro atoms. The smallest absolute Gasteiger partial charge is 0.235 e. The van der Waals surface area contributed by atoms with Crippen LogP contribution in [0.25, 0.3) is 10.9 Å². The van der Waals surface area contributed by atoms with Crippen LogP contribution in [-0.2, 0) is 10.2 Å². The average Bonchev–Trinajstić information content (AvgIpc) is 2.61. The molecule has 2 heterocycles. The third kappa shape index (κ3) is 2.26. The Morgan fingerprint density at radius 2 is 1.84 bits per heavy atom. The van der Waals surface area contributed by atoms with Gasteiger partial charge >= 0.3 is 0 Å². The van der Waals surface area contributed by atoms with Crippen LogP contribution in [0.5, 0.6) is 0 Å². The number of carbonyl (C=O) groups excluding carboxylic acids is 1. The van der Waals surface area contributed by atoms with E-state index in [9.17, 15) is 4.79 Å². The van der Waals surface area contributed by atoms with Crippen molar-refractivity contribution in [3.63, 3.8) is 0 Å². The summed E-state index contributed by atoms with van der Waals surface area (Å²) in [6.45, 7) is 8.41. The Morgan fingerprint density at radius 3 is 2.64 bits per heavy atom. The lowest BCUT2D eigenvalue weighted by Gasteiger charge is -2.43. The van der Waals surface area contributed by atoms with E-state index in [1.54, 1.807) is 0 Å². The molecule has 0 N–H and O–H groups in total. The Labute approximate surface area is 148 Å². The molecule has 1 amide bonds. The number of anilines is 2. The molecule has 0 radical (unpaired) electrons. The first-order valence-electron chi connectivity index (χ1n) is 8.70. The molecule has 126 valence electrons. The molecule has 3 aromatic rings. The zero-order valence-corrected chi connectivity index (χ0v) is 15.1. The predicted octanol–water partition coefficient (Wildman–Crippen LogP) is 5.14. The first-order chi connectivity index (χ1) is 11.9. The van der Waals surface area contributed by atoms with Crippen molar-refractivity contribution in [3.05, 3.63) is 65.9 Å². The van der Waals surface area contributed by atoms with Crippen LogP contribution in [-0.4, -0.2) is 10.9 Å². The van der Waals surface area contributed by atoms with E-state index in [4.69, 9.17) is 0 Å². The first kappa shape index (κ1) is 15.8. The van der Waals surface area contributed by atoms with Crippen molar-refractivity contribution in [2.75, 3.05) is 4.90 Å². The molecule has 0 aliphatic carbocycles. The quantitative estimate of drug-likeness (QED) is 0.619. The number of carbonyl (C=O) groups is 1. The van der Waals surface area contributed by atoms with E-state index in [0.717, 1.165) is 27.8 Å². The van der Waals surface area contributed by atoms with Gasteiger partial charge in [-0.3, -0.25) is 14.7 Å². The molecule has 0 saturated carbocycles. The molecule has 2 aromatic carbocycles. The highest BCUT2D eigenvalue weighted by Crippen LogP contribution is 2.47. The highest BCUT2D eigenvalue weighted by atomic mass is 16.2. The van der Waals surface area contributed by atoms with Crippen molar-refractivity contribution in [3.8, 4) is 0 Å². The van der Waals surface area contributed by atoms with Crippen molar-refractivity contribution < 1.29 is 4.79 Å². The van der Waals surface area contributed by atoms with Crippen LogP contribution in [0.1, 0.15) is 31.9 Å². The largest absolute Gasteiger partial charge is 0.279 e. The molecule has 0 saturated heterocycles. The van der Waals surface area contributed by atoms with Gasteiger partial charge in [0.05, 0.1) is 23.1 Å². The minimum atomic E-state index is -0.195. The molecule has 3 nitrogen and oxygen atoms in total. The van der Waals surface area contributed by atoms with Crippen molar-refractivity contribution in [1.82, 2.24) is 4.98 Å². The Morgan fingerprint density at radius 1 is 1.08 bits per heavy atom. The summed E-state index contributed by atoms with van der Waals surface area (Å²) in [6, 6.07) is 16.3.